The lowest BCUT2D eigenvalue weighted by atomic mass is 10.0. The van der Waals surface area contributed by atoms with Gasteiger partial charge in [-0.05, 0) is 37.5 Å². The number of aryl methyl sites for hydroxylation is 2. The highest BCUT2D eigenvalue weighted by atomic mass is 16.5. The molecule has 0 saturated carbocycles. The lowest BCUT2D eigenvalue weighted by molar-refractivity contribution is -0.132. The number of benzene rings is 1. The van der Waals surface area contributed by atoms with E-state index in [9.17, 15) is 14.4 Å². The molecule has 0 spiro atoms. The van der Waals surface area contributed by atoms with Crippen molar-refractivity contribution in [2.45, 2.75) is 38.3 Å². The van der Waals surface area contributed by atoms with E-state index in [4.69, 9.17) is 9.47 Å². The van der Waals surface area contributed by atoms with Gasteiger partial charge in [-0.15, -0.1) is 0 Å². The second kappa shape index (κ2) is 9.13. The van der Waals surface area contributed by atoms with Gasteiger partial charge in [-0.25, -0.2) is 9.78 Å². The summed E-state index contributed by atoms with van der Waals surface area (Å²) in [4.78, 5) is 44.0. The number of likely N-dealkylation sites (tertiary alicyclic amines) is 1. The summed E-state index contributed by atoms with van der Waals surface area (Å²) >= 11 is 0. The summed E-state index contributed by atoms with van der Waals surface area (Å²) in [7, 11) is 6.28. The average Bonchev–Trinajstić information content (AvgIpc) is 3.48. The summed E-state index contributed by atoms with van der Waals surface area (Å²) in [6, 6.07) is 5.59. The molecule has 1 atom stereocenters. The topological polar surface area (TPSA) is 101 Å². The third-order valence-electron chi connectivity index (χ3n) is 6.38. The fourth-order valence-corrected chi connectivity index (χ4v) is 4.60. The molecule has 0 N–H and O–H groups in total. The van der Waals surface area contributed by atoms with Gasteiger partial charge in [-0.1, -0.05) is 0 Å². The Labute approximate surface area is 191 Å². The first-order valence-electron chi connectivity index (χ1n) is 11.0. The molecule has 1 aliphatic heterocycles. The summed E-state index contributed by atoms with van der Waals surface area (Å²) in [6.07, 6.45) is 4.23. The maximum atomic E-state index is 13.1. The van der Waals surface area contributed by atoms with Gasteiger partial charge in [0.25, 0.3) is 5.56 Å². The highest BCUT2D eigenvalue weighted by Gasteiger charge is 2.31. The number of hydrogen-bond donors (Lipinski definition) is 0. The smallest absolute Gasteiger partial charge is 0.332 e. The Balaban J connectivity index is 1.49. The van der Waals surface area contributed by atoms with E-state index in [1.807, 2.05) is 23.1 Å². The van der Waals surface area contributed by atoms with Crippen molar-refractivity contribution in [1.82, 2.24) is 23.6 Å². The predicted octanol–water partition coefficient (Wildman–Crippen LogP) is 1.59. The standard InChI is InChI=1S/C23H29N5O5/c1-25-21-20(22(30)26(2)23(25)31)27(14-24-21)11-6-8-19(29)28-12-5-7-17(28)16-13-15(32-3)9-10-18(16)33-4/h9-10,13-14,17H,5-8,11-12H2,1-4H3/t17-/m0/s1. The van der Waals surface area contributed by atoms with Crippen LogP contribution in [0.15, 0.2) is 34.1 Å². The maximum absolute atomic E-state index is 13.1. The van der Waals surface area contributed by atoms with Gasteiger partial charge in [-0.2, -0.15) is 0 Å². The normalized spacial score (nSPS) is 15.9. The monoisotopic (exact) mass is 455 g/mol. The van der Waals surface area contributed by atoms with Crippen LogP contribution in [-0.2, 0) is 25.4 Å². The van der Waals surface area contributed by atoms with Gasteiger partial charge in [0.2, 0.25) is 5.91 Å². The van der Waals surface area contributed by atoms with Gasteiger partial charge in [-0.3, -0.25) is 18.7 Å². The zero-order valence-electron chi connectivity index (χ0n) is 19.4. The number of carbonyl (C=O) groups is 1. The minimum absolute atomic E-state index is 0.0570. The molecule has 2 aromatic heterocycles. The fourth-order valence-electron chi connectivity index (χ4n) is 4.60. The number of nitrogens with zero attached hydrogens (tertiary/aromatic N) is 5. The molecule has 4 rings (SSSR count). The molecule has 33 heavy (non-hydrogen) atoms. The third-order valence-corrected chi connectivity index (χ3v) is 6.38. The molecule has 1 amide bonds. The molecular weight excluding hydrogens is 426 g/mol. The Morgan fingerprint density at radius 3 is 2.67 bits per heavy atom. The number of amides is 1. The van der Waals surface area contributed by atoms with Gasteiger partial charge in [0.05, 0.1) is 26.6 Å². The number of hydrogen-bond acceptors (Lipinski definition) is 6. The molecule has 10 heteroatoms. The molecule has 0 aliphatic carbocycles. The number of imidazole rings is 1. The molecule has 10 nitrogen and oxygen atoms in total. The van der Waals surface area contributed by atoms with E-state index in [1.54, 1.807) is 32.2 Å². The van der Waals surface area contributed by atoms with Crippen LogP contribution in [-0.4, -0.2) is 50.3 Å². The van der Waals surface area contributed by atoms with Crippen LogP contribution in [0, 0.1) is 0 Å². The van der Waals surface area contributed by atoms with Gasteiger partial charge in [0.15, 0.2) is 11.2 Å². The van der Waals surface area contributed by atoms with Gasteiger partial charge in [0.1, 0.15) is 11.5 Å². The SMILES string of the molecule is COc1ccc(OC)c([C@@H]2CCCN2C(=O)CCCn2cnc3c2c(=O)n(C)c(=O)n3C)c1. The van der Waals surface area contributed by atoms with Crippen molar-refractivity contribution in [2.24, 2.45) is 14.1 Å². The largest absolute Gasteiger partial charge is 0.497 e. The molecule has 0 unspecified atom stereocenters. The predicted molar refractivity (Wildman–Crippen MR) is 123 cm³/mol. The average molecular weight is 456 g/mol. The molecule has 1 aliphatic rings. The highest BCUT2D eigenvalue weighted by Crippen LogP contribution is 2.39. The molecule has 3 aromatic rings. The van der Waals surface area contributed by atoms with Crippen LogP contribution in [0.4, 0.5) is 0 Å². The Kier molecular flexibility index (Phi) is 6.26. The van der Waals surface area contributed by atoms with Crippen LogP contribution >= 0.6 is 0 Å². The first-order valence-corrected chi connectivity index (χ1v) is 11.0. The molecular formula is C23H29N5O5. The van der Waals surface area contributed by atoms with Crippen molar-refractivity contribution in [2.75, 3.05) is 20.8 Å². The van der Waals surface area contributed by atoms with Gasteiger partial charge in [0, 0.05) is 39.2 Å². The Morgan fingerprint density at radius 2 is 1.94 bits per heavy atom. The zero-order valence-corrected chi connectivity index (χ0v) is 19.4. The van der Waals surface area contributed by atoms with Gasteiger partial charge >= 0.3 is 5.69 Å². The Morgan fingerprint density at radius 1 is 1.15 bits per heavy atom. The number of ether oxygens (including phenoxy) is 2. The van der Waals surface area contributed by atoms with Crippen LogP contribution in [0.2, 0.25) is 0 Å². The minimum Gasteiger partial charge on any atom is -0.497 e. The molecule has 1 aromatic carbocycles. The fraction of sp³-hybridized carbons (Fsp3) is 0.478. The van der Waals surface area contributed by atoms with E-state index >= 15 is 0 Å². The summed E-state index contributed by atoms with van der Waals surface area (Å²) in [5, 5.41) is 0. The Bertz CT molecular complexity index is 1310. The molecule has 176 valence electrons. The first-order chi connectivity index (χ1) is 15.9. The highest BCUT2D eigenvalue weighted by molar-refractivity contribution is 5.77. The zero-order chi connectivity index (χ0) is 23.7. The molecule has 0 radical (unpaired) electrons. The van der Waals surface area contributed by atoms with Crippen LogP contribution in [0.5, 0.6) is 11.5 Å². The summed E-state index contributed by atoms with van der Waals surface area (Å²) < 4.78 is 15.1. The van der Waals surface area contributed by atoms with E-state index < -0.39 is 5.69 Å². The lowest BCUT2D eigenvalue weighted by Crippen LogP contribution is -2.37. The maximum Gasteiger partial charge on any atom is 0.332 e. The van der Waals surface area contributed by atoms with Crippen LogP contribution in [0.1, 0.15) is 37.3 Å². The quantitative estimate of drug-likeness (QED) is 0.536. The molecule has 3 heterocycles. The number of rotatable bonds is 7. The number of carbonyl (C=O) groups excluding carboxylic acids is 1. The van der Waals surface area contributed by atoms with Crippen molar-refractivity contribution in [3.8, 4) is 11.5 Å². The third kappa shape index (κ3) is 4.01. The Hall–Kier alpha value is -3.56. The van der Waals surface area contributed by atoms with E-state index in [2.05, 4.69) is 4.98 Å². The van der Waals surface area contributed by atoms with Crippen molar-refractivity contribution >= 4 is 17.1 Å². The van der Waals surface area contributed by atoms with E-state index in [0.29, 0.717) is 37.1 Å². The van der Waals surface area contributed by atoms with Gasteiger partial charge < -0.3 is 18.9 Å². The number of aromatic nitrogens is 4. The lowest BCUT2D eigenvalue weighted by Gasteiger charge is -2.27. The van der Waals surface area contributed by atoms with Crippen molar-refractivity contribution in [1.29, 1.82) is 0 Å². The van der Waals surface area contributed by atoms with E-state index in [-0.39, 0.29) is 17.5 Å². The minimum atomic E-state index is -0.416. The van der Waals surface area contributed by atoms with Crippen molar-refractivity contribution < 1.29 is 14.3 Å². The second-order valence-corrected chi connectivity index (χ2v) is 8.27. The second-order valence-electron chi connectivity index (χ2n) is 8.27. The van der Waals surface area contributed by atoms with E-state index in [1.165, 1.54) is 11.6 Å². The summed E-state index contributed by atoms with van der Waals surface area (Å²) in [5.41, 5.74) is 0.863. The summed E-state index contributed by atoms with van der Waals surface area (Å²) in [5.74, 6) is 1.53. The van der Waals surface area contributed by atoms with E-state index in [0.717, 1.165) is 34.5 Å². The molecule has 0 bridgehead atoms. The number of methoxy groups -OCH3 is 2. The van der Waals surface area contributed by atoms with Crippen LogP contribution in [0.3, 0.4) is 0 Å². The van der Waals surface area contributed by atoms with Crippen molar-refractivity contribution in [3.63, 3.8) is 0 Å². The first kappa shape index (κ1) is 22.6. The van der Waals surface area contributed by atoms with Crippen LogP contribution in [0.25, 0.3) is 11.2 Å². The van der Waals surface area contributed by atoms with Crippen molar-refractivity contribution in [3.05, 3.63) is 50.9 Å². The summed E-state index contributed by atoms with van der Waals surface area (Å²) in [6.45, 7) is 1.15. The molecule has 1 saturated heterocycles. The number of fused-ring (bicyclic) bond motifs is 1. The van der Waals surface area contributed by atoms with Crippen LogP contribution < -0.4 is 20.7 Å². The molecule has 1 fully saturated rings.